The lowest BCUT2D eigenvalue weighted by Gasteiger charge is -2.22. The van der Waals surface area contributed by atoms with E-state index in [1.165, 1.54) is 5.56 Å². The van der Waals surface area contributed by atoms with Crippen LogP contribution in [0.4, 0.5) is 0 Å². The first-order valence-electron chi connectivity index (χ1n) is 7.10. The van der Waals surface area contributed by atoms with Gasteiger partial charge in [-0.1, -0.05) is 43.7 Å². The molecule has 3 nitrogen and oxygen atoms in total. The lowest BCUT2D eigenvalue weighted by atomic mass is 9.95. The fourth-order valence-electron chi connectivity index (χ4n) is 2.64. The minimum atomic E-state index is -0.522. The maximum absolute atomic E-state index is 12.4. The second-order valence-electron chi connectivity index (χ2n) is 5.97. The number of rotatable bonds is 3. The van der Waals surface area contributed by atoms with Gasteiger partial charge >= 0.3 is 0 Å². The van der Waals surface area contributed by atoms with Gasteiger partial charge in [0, 0.05) is 13.1 Å². The highest BCUT2D eigenvalue weighted by molar-refractivity contribution is 5.85. The fraction of sp³-hybridized carbons (Fsp3) is 0.562. The molecular formula is C16H25ClN2O. The van der Waals surface area contributed by atoms with Crippen LogP contribution in [0.25, 0.3) is 0 Å². The first-order chi connectivity index (χ1) is 8.99. The van der Waals surface area contributed by atoms with Crippen molar-refractivity contribution in [1.82, 2.24) is 4.90 Å². The van der Waals surface area contributed by atoms with Gasteiger partial charge in [-0.05, 0) is 30.7 Å². The zero-order valence-corrected chi connectivity index (χ0v) is 13.3. The SMILES string of the molecule is Cc1ccc(C(N)C(=O)N2CCC(C(C)C)C2)cc1.Cl. The quantitative estimate of drug-likeness (QED) is 0.932. The van der Waals surface area contributed by atoms with Gasteiger partial charge in [0.05, 0.1) is 0 Å². The molecule has 112 valence electrons. The van der Waals surface area contributed by atoms with Crippen molar-refractivity contribution in [3.63, 3.8) is 0 Å². The van der Waals surface area contributed by atoms with E-state index >= 15 is 0 Å². The van der Waals surface area contributed by atoms with Gasteiger partial charge in [-0.2, -0.15) is 0 Å². The Morgan fingerprint density at radius 1 is 1.30 bits per heavy atom. The van der Waals surface area contributed by atoms with Gasteiger partial charge in [0.1, 0.15) is 6.04 Å². The van der Waals surface area contributed by atoms with Crippen LogP contribution in [0.15, 0.2) is 24.3 Å². The zero-order valence-electron chi connectivity index (χ0n) is 12.5. The normalized spacial score (nSPS) is 19.9. The standard InChI is InChI=1S/C16H24N2O.ClH/c1-11(2)14-8-9-18(10-14)16(19)15(17)13-6-4-12(3)5-7-13;/h4-7,11,14-15H,8-10,17H2,1-3H3;1H. The first-order valence-corrected chi connectivity index (χ1v) is 7.10. The third-order valence-corrected chi connectivity index (χ3v) is 4.18. The predicted octanol–water partition coefficient (Wildman–Crippen LogP) is 2.92. The van der Waals surface area contributed by atoms with Crippen LogP contribution in [-0.2, 0) is 4.79 Å². The number of hydrogen-bond acceptors (Lipinski definition) is 2. The molecule has 1 aromatic carbocycles. The summed E-state index contributed by atoms with van der Waals surface area (Å²) in [6.45, 7) is 8.18. The third kappa shape index (κ3) is 3.74. The van der Waals surface area contributed by atoms with Crippen LogP contribution in [0.1, 0.15) is 37.4 Å². The van der Waals surface area contributed by atoms with Crippen LogP contribution in [0.5, 0.6) is 0 Å². The van der Waals surface area contributed by atoms with E-state index < -0.39 is 6.04 Å². The van der Waals surface area contributed by atoms with Crippen molar-refractivity contribution in [2.45, 2.75) is 33.2 Å². The summed E-state index contributed by atoms with van der Waals surface area (Å²) in [5.41, 5.74) is 8.19. The van der Waals surface area contributed by atoms with Crippen molar-refractivity contribution in [2.24, 2.45) is 17.6 Å². The van der Waals surface area contributed by atoms with Crippen LogP contribution in [0, 0.1) is 18.8 Å². The maximum atomic E-state index is 12.4. The minimum absolute atomic E-state index is 0. The number of likely N-dealkylation sites (tertiary alicyclic amines) is 1. The number of amides is 1. The highest BCUT2D eigenvalue weighted by atomic mass is 35.5. The summed E-state index contributed by atoms with van der Waals surface area (Å²) in [6.07, 6.45) is 1.10. The topological polar surface area (TPSA) is 46.3 Å². The monoisotopic (exact) mass is 296 g/mol. The highest BCUT2D eigenvalue weighted by Gasteiger charge is 2.31. The van der Waals surface area contributed by atoms with E-state index in [2.05, 4.69) is 13.8 Å². The van der Waals surface area contributed by atoms with E-state index in [9.17, 15) is 4.79 Å². The largest absolute Gasteiger partial charge is 0.341 e. The van der Waals surface area contributed by atoms with Gasteiger partial charge in [0.2, 0.25) is 5.91 Å². The molecule has 1 heterocycles. The number of halogens is 1. The van der Waals surface area contributed by atoms with E-state index in [1.807, 2.05) is 36.1 Å². The molecule has 2 rings (SSSR count). The van der Waals surface area contributed by atoms with Crippen LogP contribution in [0.3, 0.4) is 0 Å². The first kappa shape index (κ1) is 17.0. The molecule has 0 saturated carbocycles. The molecule has 0 aromatic heterocycles. The molecule has 1 amide bonds. The fourth-order valence-corrected chi connectivity index (χ4v) is 2.64. The molecule has 0 aliphatic carbocycles. The Morgan fingerprint density at radius 3 is 2.40 bits per heavy atom. The Morgan fingerprint density at radius 2 is 1.90 bits per heavy atom. The van der Waals surface area contributed by atoms with Gasteiger partial charge in [-0.15, -0.1) is 12.4 Å². The van der Waals surface area contributed by atoms with Crippen LogP contribution >= 0.6 is 12.4 Å². The van der Waals surface area contributed by atoms with Crippen molar-refractivity contribution in [3.8, 4) is 0 Å². The van der Waals surface area contributed by atoms with Crippen molar-refractivity contribution < 1.29 is 4.79 Å². The number of nitrogens with zero attached hydrogens (tertiary/aromatic N) is 1. The molecule has 4 heteroatoms. The molecular weight excluding hydrogens is 272 g/mol. The van der Waals surface area contributed by atoms with Crippen LogP contribution in [0.2, 0.25) is 0 Å². The van der Waals surface area contributed by atoms with E-state index in [4.69, 9.17) is 5.73 Å². The van der Waals surface area contributed by atoms with Gasteiger partial charge in [0.15, 0.2) is 0 Å². The number of carbonyl (C=O) groups is 1. The van der Waals surface area contributed by atoms with Crippen molar-refractivity contribution in [2.75, 3.05) is 13.1 Å². The van der Waals surface area contributed by atoms with Gasteiger partial charge in [-0.25, -0.2) is 0 Å². The molecule has 0 radical (unpaired) electrons. The number of carbonyl (C=O) groups excluding carboxylic acids is 1. The smallest absolute Gasteiger partial charge is 0.244 e. The minimum Gasteiger partial charge on any atom is -0.341 e. The Kier molecular flexibility index (Phi) is 6.03. The lowest BCUT2D eigenvalue weighted by molar-refractivity contribution is -0.131. The molecule has 1 fully saturated rings. The van der Waals surface area contributed by atoms with Crippen LogP contribution in [-0.4, -0.2) is 23.9 Å². The molecule has 1 aliphatic rings. The second-order valence-corrected chi connectivity index (χ2v) is 5.97. The number of nitrogens with two attached hydrogens (primary N) is 1. The third-order valence-electron chi connectivity index (χ3n) is 4.18. The Bertz CT molecular complexity index is 444. The molecule has 2 unspecified atom stereocenters. The highest BCUT2D eigenvalue weighted by Crippen LogP contribution is 2.25. The predicted molar refractivity (Wildman–Crippen MR) is 84.9 cm³/mol. The Balaban J connectivity index is 0.00000200. The van der Waals surface area contributed by atoms with Gasteiger partial charge < -0.3 is 10.6 Å². The average molecular weight is 297 g/mol. The average Bonchev–Trinajstić information content (AvgIpc) is 2.87. The molecule has 2 atom stereocenters. The lowest BCUT2D eigenvalue weighted by Crippen LogP contribution is -2.37. The van der Waals surface area contributed by atoms with E-state index in [0.29, 0.717) is 11.8 Å². The summed E-state index contributed by atoms with van der Waals surface area (Å²) in [5, 5.41) is 0. The number of hydrogen-bond donors (Lipinski definition) is 1. The zero-order chi connectivity index (χ0) is 14.0. The summed E-state index contributed by atoms with van der Waals surface area (Å²) in [4.78, 5) is 14.3. The summed E-state index contributed by atoms with van der Waals surface area (Å²) in [5.74, 6) is 1.31. The van der Waals surface area contributed by atoms with E-state index in [0.717, 1.165) is 25.1 Å². The van der Waals surface area contributed by atoms with Crippen molar-refractivity contribution in [1.29, 1.82) is 0 Å². The Labute approximate surface area is 127 Å². The Hall–Kier alpha value is -1.06. The molecule has 2 N–H and O–H groups in total. The second kappa shape index (κ2) is 7.09. The summed E-state index contributed by atoms with van der Waals surface area (Å²) < 4.78 is 0. The molecule has 1 aliphatic heterocycles. The van der Waals surface area contributed by atoms with Gasteiger partial charge in [-0.3, -0.25) is 4.79 Å². The molecule has 0 bridgehead atoms. The van der Waals surface area contributed by atoms with Crippen LogP contribution < -0.4 is 5.73 Å². The molecule has 1 saturated heterocycles. The molecule has 1 aromatic rings. The maximum Gasteiger partial charge on any atom is 0.244 e. The molecule has 20 heavy (non-hydrogen) atoms. The van der Waals surface area contributed by atoms with Gasteiger partial charge in [0.25, 0.3) is 0 Å². The summed E-state index contributed by atoms with van der Waals surface area (Å²) in [7, 11) is 0. The van der Waals surface area contributed by atoms with Crippen molar-refractivity contribution >= 4 is 18.3 Å². The summed E-state index contributed by atoms with van der Waals surface area (Å²) in [6, 6.07) is 7.39. The van der Waals surface area contributed by atoms with Crippen molar-refractivity contribution in [3.05, 3.63) is 35.4 Å². The van der Waals surface area contributed by atoms with E-state index in [1.54, 1.807) is 0 Å². The van der Waals surface area contributed by atoms with E-state index in [-0.39, 0.29) is 18.3 Å². The number of aryl methyl sites for hydroxylation is 1. The number of benzene rings is 1. The molecule has 0 spiro atoms. The summed E-state index contributed by atoms with van der Waals surface area (Å²) >= 11 is 0.